The predicted octanol–water partition coefficient (Wildman–Crippen LogP) is 9.31. The molecule has 3 unspecified atom stereocenters. The van der Waals surface area contributed by atoms with E-state index in [1.165, 1.54) is 51.4 Å². The van der Waals surface area contributed by atoms with Crippen molar-refractivity contribution in [3.05, 3.63) is 24.3 Å². The van der Waals surface area contributed by atoms with Crippen LogP contribution in [0.1, 0.15) is 137 Å². The topological polar surface area (TPSA) is 73.9 Å². The summed E-state index contributed by atoms with van der Waals surface area (Å²) >= 11 is -1.58. The molecule has 0 saturated carbocycles. The van der Waals surface area contributed by atoms with Crippen LogP contribution in [0.15, 0.2) is 24.3 Å². The molecule has 0 aromatic heterocycles. The van der Waals surface area contributed by atoms with Crippen LogP contribution in [0.2, 0.25) is 0 Å². The Morgan fingerprint density at radius 3 is 1.95 bits per heavy atom. The lowest BCUT2D eigenvalue weighted by Crippen LogP contribution is -2.31. The van der Waals surface area contributed by atoms with Crippen molar-refractivity contribution in [2.24, 2.45) is 5.92 Å². The lowest BCUT2D eigenvalue weighted by Gasteiger charge is -2.20. The summed E-state index contributed by atoms with van der Waals surface area (Å²) in [6.07, 6.45) is 18.8. The van der Waals surface area contributed by atoms with Crippen molar-refractivity contribution in [1.29, 1.82) is 0 Å². The molecule has 0 spiro atoms. The van der Waals surface area contributed by atoms with Gasteiger partial charge in [0, 0.05) is 5.69 Å². The minimum absolute atomic E-state index is 0.270. The summed E-state index contributed by atoms with van der Waals surface area (Å²) in [5.41, 5.74) is 0.674. The molecular formula is C32H57NO5S. The average molecular weight is 568 g/mol. The van der Waals surface area contributed by atoms with Gasteiger partial charge in [0.25, 0.3) is 11.3 Å². The quantitative estimate of drug-likeness (QED) is 0.0892. The minimum Gasteiger partial charge on any atom is -0.479 e. The molecular weight excluding hydrogens is 510 g/mol. The third-order valence-corrected chi connectivity index (χ3v) is 7.89. The maximum atomic E-state index is 13.1. The fraction of sp³-hybridized carbons (Fsp3) is 0.781. The fourth-order valence-electron chi connectivity index (χ4n) is 4.40. The molecule has 1 rings (SSSR count). The van der Waals surface area contributed by atoms with E-state index in [-0.39, 0.29) is 5.97 Å². The number of carbonyl (C=O) groups excluding carboxylic acids is 1. The van der Waals surface area contributed by atoms with Gasteiger partial charge in [-0.25, -0.2) is 9.00 Å². The van der Waals surface area contributed by atoms with Gasteiger partial charge in [0.05, 0.1) is 13.2 Å². The molecule has 6 nitrogen and oxygen atoms in total. The summed E-state index contributed by atoms with van der Waals surface area (Å²) in [6, 6.07) is 7.16. The summed E-state index contributed by atoms with van der Waals surface area (Å²) in [7, 11) is 0. The van der Waals surface area contributed by atoms with E-state index >= 15 is 0 Å². The smallest absolute Gasteiger partial charge is 0.347 e. The Morgan fingerprint density at radius 2 is 1.36 bits per heavy atom. The molecule has 0 amide bonds. The Balaban J connectivity index is 2.59. The Labute approximate surface area is 242 Å². The zero-order valence-electron chi connectivity index (χ0n) is 25.3. The fourth-order valence-corrected chi connectivity index (χ4v) is 5.06. The summed E-state index contributed by atoms with van der Waals surface area (Å²) in [5, 5.41) is 0. The number of ether oxygens (including phenoxy) is 2. The maximum Gasteiger partial charge on any atom is 0.347 e. The van der Waals surface area contributed by atoms with Crippen molar-refractivity contribution in [3.63, 3.8) is 0 Å². The number of unbranched alkanes of at least 4 members (excludes halogenated alkanes) is 11. The zero-order chi connectivity index (χ0) is 28.6. The summed E-state index contributed by atoms with van der Waals surface area (Å²) < 4.78 is 32.0. The number of benzene rings is 1. The van der Waals surface area contributed by atoms with Crippen LogP contribution in [-0.4, -0.2) is 29.5 Å². The molecule has 226 valence electrons. The van der Waals surface area contributed by atoms with Crippen LogP contribution in [0.5, 0.6) is 5.75 Å². The van der Waals surface area contributed by atoms with Crippen molar-refractivity contribution < 1.29 is 22.7 Å². The van der Waals surface area contributed by atoms with E-state index in [2.05, 4.69) is 32.4 Å². The van der Waals surface area contributed by atoms with E-state index in [0.29, 0.717) is 37.0 Å². The Bertz CT molecular complexity index is 743. The van der Waals surface area contributed by atoms with E-state index in [9.17, 15) is 9.00 Å². The van der Waals surface area contributed by atoms with Gasteiger partial charge in [-0.3, -0.25) is 8.91 Å². The zero-order valence-corrected chi connectivity index (χ0v) is 26.2. The number of nitrogens with one attached hydrogen (secondary N) is 1. The number of anilines is 1. The number of hydrogen-bond acceptors (Lipinski definition) is 5. The molecule has 39 heavy (non-hydrogen) atoms. The molecule has 0 heterocycles. The van der Waals surface area contributed by atoms with Gasteiger partial charge in [0.1, 0.15) is 5.75 Å². The predicted molar refractivity (Wildman–Crippen MR) is 164 cm³/mol. The average Bonchev–Trinajstić information content (AvgIpc) is 2.94. The second-order valence-electron chi connectivity index (χ2n) is 10.7. The monoisotopic (exact) mass is 567 g/mol. The van der Waals surface area contributed by atoms with Gasteiger partial charge in [-0.1, -0.05) is 111 Å². The molecule has 0 aliphatic heterocycles. The Hall–Kier alpha value is -1.60. The highest BCUT2D eigenvalue weighted by Gasteiger charge is 2.23. The molecule has 1 aromatic carbocycles. The number of esters is 1. The first-order chi connectivity index (χ1) is 19.0. The SMILES string of the molecule is CCCCCCCCCCCCC(Oc1ccc(NS(=O)OCCCC)cc1)C(=O)OCC(CC)CCCC. The van der Waals surface area contributed by atoms with Gasteiger partial charge in [-0.05, 0) is 55.9 Å². The lowest BCUT2D eigenvalue weighted by atomic mass is 10.0. The molecule has 0 radical (unpaired) electrons. The molecule has 0 saturated heterocycles. The van der Waals surface area contributed by atoms with E-state index in [4.69, 9.17) is 13.7 Å². The molecule has 0 aliphatic rings. The van der Waals surface area contributed by atoms with E-state index in [1.807, 2.05) is 0 Å². The highest BCUT2D eigenvalue weighted by Crippen LogP contribution is 2.21. The second-order valence-corrected chi connectivity index (χ2v) is 11.6. The van der Waals surface area contributed by atoms with E-state index in [0.717, 1.165) is 51.4 Å². The Morgan fingerprint density at radius 1 is 0.769 bits per heavy atom. The number of carbonyl (C=O) groups is 1. The normalized spacial score (nSPS) is 13.5. The highest BCUT2D eigenvalue weighted by atomic mass is 32.2. The van der Waals surface area contributed by atoms with Gasteiger partial charge in [-0.15, -0.1) is 0 Å². The number of rotatable bonds is 26. The third kappa shape index (κ3) is 18.4. The van der Waals surface area contributed by atoms with Crippen molar-refractivity contribution in [1.82, 2.24) is 0 Å². The molecule has 0 aliphatic carbocycles. The van der Waals surface area contributed by atoms with E-state index < -0.39 is 17.4 Å². The molecule has 1 N–H and O–H groups in total. The van der Waals surface area contributed by atoms with Gasteiger partial charge in [0.2, 0.25) is 0 Å². The Kier molecular flexibility index (Phi) is 22.0. The maximum absolute atomic E-state index is 13.1. The summed E-state index contributed by atoms with van der Waals surface area (Å²) in [4.78, 5) is 13.1. The second kappa shape index (κ2) is 24.2. The van der Waals surface area contributed by atoms with Crippen LogP contribution in [-0.2, 0) is 25.0 Å². The largest absolute Gasteiger partial charge is 0.479 e. The van der Waals surface area contributed by atoms with Crippen molar-refractivity contribution in [2.75, 3.05) is 17.9 Å². The molecule has 0 bridgehead atoms. The van der Waals surface area contributed by atoms with Crippen LogP contribution in [0, 0.1) is 5.92 Å². The summed E-state index contributed by atoms with van der Waals surface area (Å²) in [6.45, 7) is 9.57. The van der Waals surface area contributed by atoms with E-state index in [1.54, 1.807) is 24.3 Å². The van der Waals surface area contributed by atoms with Gasteiger partial charge in [-0.2, -0.15) is 0 Å². The van der Waals surface area contributed by atoms with Crippen LogP contribution >= 0.6 is 0 Å². The van der Waals surface area contributed by atoms with Gasteiger partial charge < -0.3 is 9.47 Å². The highest BCUT2D eigenvalue weighted by molar-refractivity contribution is 7.81. The molecule has 7 heteroatoms. The first-order valence-electron chi connectivity index (χ1n) is 15.8. The van der Waals surface area contributed by atoms with Crippen LogP contribution < -0.4 is 9.46 Å². The molecule has 3 atom stereocenters. The minimum atomic E-state index is -1.58. The third-order valence-electron chi connectivity index (χ3n) is 7.11. The van der Waals surface area contributed by atoms with Gasteiger partial charge >= 0.3 is 5.97 Å². The lowest BCUT2D eigenvalue weighted by molar-refractivity contribution is -0.153. The van der Waals surface area contributed by atoms with Crippen LogP contribution in [0.3, 0.4) is 0 Å². The number of hydrogen-bond donors (Lipinski definition) is 1. The van der Waals surface area contributed by atoms with Crippen LogP contribution in [0.4, 0.5) is 5.69 Å². The van der Waals surface area contributed by atoms with Crippen LogP contribution in [0.25, 0.3) is 0 Å². The van der Waals surface area contributed by atoms with Gasteiger partial charge in [0.15, 0.2) is 6.10 Å². The summed E-state index contributed by atoms with van der Waals surface area (Å²) in [5.74, 6) is 0.733. The first-order valence-corrected chi connectivity index (χ1v) is 16.9. The van der Waals surface area contributed by atoms with Crippen molar-refractivity contribution in [2.45, 2.75) is 143 Å². The molecule has 1 aromatic rings. The molecule has 0 fully saturated rings. The standard InChI is InChI=1S/C32H57NO5S/c1-5-9-12-13-14-15-16-17-18-19-21-31(32(34)36-27-28(8-4)20-10-6-2)38-30-24-22-29(23-25-30)33-39(35)37-26-11-7-3/h22-25,28,31,33H,5-21,26-27H2,1-4H3. The van der Waals surface area contributed by atoms with Crippen molar-refractivity contribution >= 4 is 22.9 Å². The van der Waals surface area contributed by atoms with Crippen molar-refractivity contribution in [3.8, 4) is 5.75 Å². The first kappa shape index (κ1) is 35.4.